The molecule has 1 rings (SSSR count). The van der Waals surface area contributed by atoms with E-state index in [1.807, 2.05) is 0 Å². The van der Waals surface area contributed by atoms with Crippen LogP contribution in [0.2, 0.25) is 6.32 Å². The summed E-state index contributed by atoms with van der Waals surface area (Å²) in [4.78, 5) is 0. The van der Waals surface area contributed by atoms with Crippen molar-refractivity contribution in [3.63, 3.8) is 0 Å². The van der Waals surface area contributed by atoms with E-state index in [4.69, 9.17) is 5.26 Å². The van der Waals surface area contributed by atoms with Crippen molar-refractivity contribution < 1.29 is 0 Å². The van der Waals surface area contributed by atoms with Crippen LogP contribution in [-0.2, 0) is 0 Å². The molecule has 1 nitrogen and oxygen atoms in total. The van der Waals surface area contributed by atoms with Crippen LogP contribution in [0.25, 0.3) is 0 Å². The molecule has 0 saturated carbocycles. The SMILES string of the molecule is C=C(/C=C\C(=C/C)CCC1CB(C#N)C(S)C1)C/C=C\C=C/CC. The predicted octanol–water partition coefficient (Wildman–Crippen LogP) is 6.15. The van der Waals surface area contributed by atoms with Gasteiger partial charge in [-0.2, -0.15) is 12.6 Å². The lowest BCUT2D eigenvalue weighted by molar-refractivity contribution is 0.536. The quantitative estimate of drug-likeness (QED) is 0.304. The first-order valence-corrected chi connectivity index (χ1v) is 9.52. The summed E-state index contributed by atoms with van der Waals surface area (Å²) >= 11 is 4.54. The number of nitriles is 1. The topological polar surface area (TPSA) is 23.8 Å². The fourth-order valence-corrected chi connectivity index (χ4v) is 3.48. The minimum Gasteiger partial charge on any atom is -0.213 e. The molecule has 1 saturated heterocycles. The zero-order valence-electron chi connectivity index (χ0n) is 15.1. The molecule has 0 bridgehead atoms. The van der Waals surface area contributed by atoms with Crippen LogP contribution in [0.3, 0.4) is 0 Å². The van der Waals surface area contributed by atoms with Crippen molar-refractivity contribution >= 4 is 19.3 Å². The van der Waals surface area contributed by atoms with E-state index in [1.165, 1.54) is 5.57 Å². The van der Waals surface area contributed by atoms with Gasteiger partial charge in [-0.1, -0.05) is 73.5 Å². The van der Waals surface area contributed by atoms with Crippen molar-refractivity contribution in [2.75, 3.05) is 0 Å². The summed E-state index contributed by atoms with van der Waals surface area (Å²) in [5.41, 5.74) is 2.47. The Labute approximate surface area is 154 Å². The Kier molecular flexibility index (Phi) is 10.4. The van der Waals surface area contributed by atoms with Crippen LogP contribution in [0.1, 0.15) is 46.0 Å². The molecule has 0 aromatic rings. The molecule has 2 atom stereocenters. The second kappa shape index (κ2) is 12.0. The summed E-state index contributed by atoms with van der Waals surface area (Å²) in [6.45, 7) is 8.47. The van der Waals surface area contributed by atoms with Crippen molar-refractivity contribution in [1.82, 2.24) is 0 Å². The first-order chi connectivity index (χ1) is 11.6. The lowest BCUT2D eigenvalue weighted by Crippen LogP contribution is -2.16. The highest BCUT2D eigenvalue weighted by molar-refractivity contribution is 7.83. The zero-order chi connectivity index (χ0) is 17.8. The lowest BCUT2D eigenvalue weighted by atomic mass is 9.49. The minimum atomic E-state index is 0.135. The molecule has 1 aliphatic rings. The molecule has 1 heterocycles. The molecular weight excluding hydrogens is 309 g/mol. The Morgan fingerprint density at radius 2 is 2.08 bits per heavy atom. The Morgan fingerprint density at radius 1 is 1.33 bits per heavy atom. The van der Waals surface area contributed by atoms with E-state index in [2.05, 4.69) is 81.6 Å². The summed E-state index contributed by atoms with van der Waals surface area (Å²) in [5, 5.41) is 9.36. The maximum absolute atomic E-state index is 9.10. The number of hydrogen-bond donors (Lipinski definition) is 1. The van der Waals surface area contributed by atoms with E-state index >= 15 is 0 Å². The summed E-state index contributed by atoms with van der Waals surface area (Å²) in [5.74, 6) is 3.03. The second-order valence-corrected chi connectivity index (χ2v) is 7.17. The Morgan fingerprint density at radius 3 is 2.71 bits per heavy atom. The van der Waals surface area contributed by atoms with Crippen molar-refractivity contribution in [1.29, 1.82) is 5.26 Å². The van der Waals surface area contributed by atoms with Crippen molar-refractivity contribution in [3.05, 3.63) is 60.3 Å². The van der Waals surface area contributed by atoms with Gasteiger partial charge in [-0.3, -0.25) is 0 Å². The summed E-state index contributed by atoms with van der Waals surface area (Å²) in [6.07, 6.45) is 21.2. The molecule has 0 aliphatic carbocycles. The van der Waals surface area contributed by atoms with Crippen molar-refractivity contribution in [2.45, 2.75) is 57.4 Å². The van der Waals surface area contributed by atoms with Gasteiger partial charge in [0.25, 0.3) is 6.71 Å². The fraction of sp³-hybridized carbons (Fsp3) is 0.476. The first-order valence-electron chi connectivity index (χ1n) is 9.01. The van der Waals surface area contributed by atoms with E-state index in [1.54, 1.807) is 0 Å². The summed E-state index contributed by atoms with van der Waals surface area (Å²) < 4.78 is 0. The standard InChI is InChI=1S/C21H30BNS/c1-4-6-7-8-9-10-18(3)11-12-19(5-2)13-14-20-15-21(24)22(16-20)17-23/h5-9,11-12,20-21,24H,3-4,10,13-16H2,1-2H3/b7-6-,9-8-,12-11-,19-5+. The number of rotatable bonds is 9. The molecule has 24 heavy (non-hydrogen) atoms. The van der Waals surface area contributed by atoms with Gasteiger partial charge in [0.1, 0.15) is 0 Å². The van der Waals surface area contributed by atoms with Gasteiger partial charge in [0, 0.05) is 5.97 Å². The monoisotopic (exact) mass is 339 g/mol. The molecule has 3 heteroatoms. The van der Waals surface area contributed by atoms with Crippen LogP contribution in [0.5, 0.6) is 0 Å². The van der Waals surface area contributed by atoms with Gasteiger partial charge in [0.05, 0.1) is 0 Å². The summed E-state index contributed by atoms with van der Waals surface area (Å²) in [7, 11) is 0. The summed E-state index contributed by atoms with van der Waals surface area (Å²) in [6, 6.07) is 0. The van der Waals surface area contributed by atoms with Crippen LogP contribution in [0, 0.1) is 17.1 Å². The van der Waals surface area contributed by atoms with E-state index in [0.717, 1.165) is 44.0 Å². The van der Waals surface area contributed by atoms with Crippen LogP contribution in [0.4, 0.5) is 0 Å². The van der Waals surface area contributed by atoms with E-state index in [9.17, 15) is 0 Å². The molecule has 2 unspecified atom stereocenters. The molecule has 0 amide bonds. The normalized spacial score (nSPS) is 22.1. The van der Waals surface area contributed by atoms with Crippen LogP contribution in [0.15, 0.2) is 60.3 Å². The second-order valence-electron chi connectivity index (χ2n) is 6.50. The number of thiol groups is 1. The van der Waals surface area contributed by atoms with Gasteiger partial charge >= 0.3 is 0 Å². The molecule has 128 valence electrons. The molecular formula is C21H30BNS. The van der Waals surface area contributed by atoms with Gasteiger partial charge in [-0.25, -0.2) is 5.26 Å². The highest BCUT2D eigenvalue weighted by Crippen LogP contribution is 2.33. The van der Waals surface area contributed by atoms with Gasteiger partial charge in [-0.05, 0) is 50.1 Å². The van der Waals surface area contributed by atoms with Gasteiger partial charge < -0.3 is 0 Å². The Bertz CT molecular complexity index is 551. The third-order valence-electron chi connectivity index (χ3n) is 4.54. The molecule has 0 aromatic heterocycles. The predicted molar refractivity (Wildman–Crippen MR) is 112 cm³/mol. The van der Waals surface area contributed by atoms with Gasteiger partial charge in [-0.15, -0.1) is 0 Å². The van der Waals surface area contributed by atoms with E-state index in [-0.39, 0.29) is 11.9 Å². The third-order valence-corrected chi connectivity index (χ3v) is 5.11. The average Bonchev–Trinajstić information content (AvgIpc) is 2.94. The smallest absolute Gasteiger partial charge is 0.213 e. The lowest BCUT2D eigenvalue weighted by Gasteiger charge is -2.09. The molecule has 0 radical (unpaired) electrons. The number of allylic oxidation sites excluding steroid dienone is 9. The maximum Gasteiger partial charge on any atom is 0.281 e. The molecule has 0 N–H and O–H groups in total. The molecule has 0 spiro atoms. The van der Waals surface area contributed by atoms with Crippen molar-refractivity contribution in [3.8, 4) is 5.97 Å². The van der Waals surface area contributed by atoms with Crippen molar-refractivity contribution in [2.24, 2.45) is 5.92 Å². The van der Waals surface area contributed by atoms with Crippen LogP contribution < -0.4 is 0 Å². The Hall–Kier alpha value is -1.40. The van der Waals surface area contributed by atoms with Gasteiger partial charge in [0.2, 0.25) is 0 Å². The number of hydrogen-bond acceptors (Lipinski definition) is 2. The molecule has 1 aliphatic heterocycles. The average molecular weight is 339 g/mol. The Balaban J connectivity index is 2.37. The van der Waals surface area contributed by atoms with E-state index < -0.39 is 0 Å². The molecule has 1 fully saturated rings. The van der Waals surface area contributed by atoms with Gasteiger partial charge in [0.15, 0.2) is 0 Å². The van der Waals surface area contributed by atoms with Crippen LogP contribution in [-0.4, -0.2) is 11.9 Å². The highest BCUT2D eigenvalue weighted by atomic mass is 32.1. The molecule has 0 aromatic carbocycles. The number of nitrogens with zero attached hydrogens (tertiary/aromatic N) is 1. The van der Waals surface area contributed by atoms with Crippen LogP contribution >= 0.6 is 12.6 Å². The first kappa shape index (κ1) is 20.6. The largest absolute Gasteiger partial charge is 0.281 e. The fourth-order valence-electron chi connectivity index (χ4n) is 2.99. The minimum absolute atomic E-state index is 0.135. The highest BCUT2D eigenvalue weighted by Gasteiger charge is 2.35. The zero-order valence-corrected chi connectivity index (χ0v) is 16.0. The van der Waals surface area contributed by atoms with E-state index in [0.29, 0.717) is 5.92 Å². The third kappa shape index (κ3) is 7.93. The maximum atomic E-state index is 9.10.